The van der Waals surface area contributed by atoms with Crippen molar-refractivity contribution in [1.82, 2.24) is 10.3 Å². The number of hydrogen-bond donors (Lipinski definition) is 3. The fourth-order valence-corrected chi connectivity index (χ4v) is 2.98. The summed E-state index contributed by atoms with van der Waals surface area (Å²) in [7, 11) is 1.63. The number of anilines is 2. The summed E-state index contributed by atoms with van der Waals surface area (Å²) in [6, 6.07) is 0. The average molecular weight is 332 g/mol. The number of aromatic nitrogens is 1. The first-order valence-electron chi connectivity index (χ1n) is 6.95. The Kier molecular flexibility index (Phi) is 9.20. The molecule has 6 nitrogen and oxygen atoms in total. The first-order chi connectivity index (χ1) is 10.2. The minimum atomic E-state index is -0.144. The molecule has 0 unspecified atom stereocenters. The number of rotatable bonds is 11. The predicted octanol–water partition coefficient (Wildman–Crippen LogP) is 2.05. The van der Waals surface area contributed by atoms with Crippen molar-refractivity contribution in [3.8, 4) is 0 Å². The Morgan fingerprint density at radius 2 is 2.19 bits per heavy atom. The van der Waals surface area contributed by atoms with Gasteiger partial charge in [-0.25, -0.2) is 4.98 Å². The summed E-state index contributed by atoms with van der Waals surface area (Å²) in [5.41, 5.74) is 5.78. The second-order valence-corrected chi connectivity index (χ2v) is 6.45. The number of unbranched alkanes of at least 4 members (excludes halogenated alkanes) is 2. The van der Waals surface area contributed by atoms with Gasteiger partial charge in [-0.15, -0.1) is 0 Å². The maximum atomic E-state index is 12.0. The number of nitrogens with zero attached hydrogens (tertiary/aromatic N) is 1. The highest BCUT2D eigenvalue weighted by atomic mass is 32.2. The lowest BCUT2D eigenvalue weighted by Gasteiger charge is -2.03. The van der Waals surface area contributed by atoms with Crippen LogP contribution in [-0.2, 0) is 4.74 Å². The largest absolute Gasteiger partial charge is 0.383 e. The molecule has 120 valence electrons. The Morgan fingerprint density at radius 3 is 2.90 bits per heavy atom. The monoisotopic (exact) mass is 332 g/mol. The third-order valence-corrected chi connectivity index (χ3v) is 4.48. The van der Waals surface area contributed by atoms with Crippen molar-refractivity contribution in [2.24, 2.45) is 0 Å². The summed E-state index contributed by atoms with van der Waals surface area (Å²) in [6.07, 6.45) is 5.41. The molecule has 0 aliphatic rings. The lowest BCUT2D eigenvalue weighted by atomic mass is 10.2. The molecule has 1 aromatic rings. The van der Waals surface area contributed by atoms with Crippen LogP contribution in [0.25, 0.3) is 0 Å². The van der Waals surface area contributed by atoms with Crippen LogP contribution in [0.2, 0.25) is 0 Å². The third kappa shape index (κ3) is 7.01. The fraction of sp³-hybridized carbons (Fsp3) is 0.692. The normalized spacial score (nSPS) is 10.6. The van der Waals surface area contributed by atoms with E-state index in [0.29, 0.717) is 29.7 Å². The maximum Gasteiger partial charge on any atom is 0.265 e. The van der Waals surface area contributed by atoms with E-state index in [1.165, 1.54) is 23.5 Å². The molecule has 0 bridgehead atoms. The van der Waals surface area contributed by atoms with Crippen LogP contribution in [0.15, 0.2) is 0 Å². The van der Waals surface area contributed by atoms with Crippen molar-refractivity contribution in [3.63, 3.8) is 0 Å². The average Bonchev–Trinajstić information content (AvgIpc) is 2.84. The first-order valence-corrected chi connectivity index (χ1v) is 9.16. The van der Waals surface area contributed by atoms with Gasteiger partial charge in [0.1, 0.15) is 10.7 Å². The number of carbonyl (C=O) groups excluding carboxylic acids is 1. The van der Waals surface area contributed by atoms with Crippen LogP contribution in [0.1, 0.15) is 28.9 Å². The van der Waals surface area contributed by atoms with Gasteiger partial charge < -0.3 is 21.1 Å². The Labute approximate surface area is 134 Å². The topological polar surface area (TPSA) is 89.3 Å². The molecule has 0 saturated carbocycles. The quantitative estimate of drug-likeness (QED) is 0.537. The van der Waals surface area contributed by atoms with Gasteiger partial charge in [-0.2, -0.15) is 11.8 Å². The minimum Gasteiger partial charge on any atom is -0.383 e. The lowest BCUT2D eigenvalue weighted by molar-refractivity contribution is 0.0957. The molecule has 0 aliphatic heterocycles. The van der Waals surface area contributed by atoms with Crippen molar-refractivity contribution in [1.29, 1.82) is 0 Å². The van der Waals surface area contributed by atoms with Crippen LogP contribution in [0, 0.1) is 0 Å². The molecule has 0 saturated heterocycles. The van der Waals surface area contributed by atoms with Crippen molar-refractivity contribution < 1.29 is 9.53 Å². The van der Waals surface area contributed by atoms with Gasteiger partial charge >= 0.3 is 0 Å². The number of nitrogens with two attached hydrogens (primary N) is 1. The molecule has 0 fully saturated rings. The van der Waals surface area contributed by atoms with E-state index in [1.807, 2.05) is 11.8 Å². The second kappa shape index (κ2) is 10.7. The number of methoxy groups -OCH3 is 1. The molecule has 0 spiro atoms. The molecular formula is C13H24N4O2S2. The second-order valence-electron chi connectivity index (χ2n) is 4.46. The number of amides is 1. The van der Waals surface area contributed by atoms with Crippen molar-refractivity contribution in [2.75, 3.05) is 49.9 Å². The van der Waals surface area contributed by atoms with E-state index in [4.69, 9.17) is 10.5 Å². The number of nitrogen functional groups attached to an aromatic ring is 1. The Bertz CT molecular complexity index is 426. The van der Waals surface area contributed by atoms with E-state index in [-0.39, 0.29) is 11.7 Å². The SMILES string of the molecule is COCCNc1nc(N)c(C(=O)NCCCCCSC)s1. The van der Waals surface area contributed by atoms with Crippen LogP contribution in [0.4, 0.5) is 10.9 Å². The van der Waals surface area contributed by atoms with Crippen molar-refractivity contribution in [3.05, 3.63) is 4.88 Å². The summed E-state index contributed by atoms with van der Waals surface area (Å²) >= 11 is 3.12. The van der Waals surface area contributed by atoms with Gasteiger partial charge in [-0.3, -0.25) is 4.79 Å². The number of nitrogens with one attached hydrogen (secondary N) is 2. The zero-order valence-electron chi connectivity index (χ0n) is 12.6. The molecule has 1 heterocycles. The molecule has 0 radical (unpaired) electrons. The highest BCUT2D eigenvalue weighted by Gasteiger charge is 2.15. The van der Waals surface area contributed by atoms with Gasteiger partial charge in [0.25, 0.3) is 5.91 Å². The zero-order valence-corrected chi connectivity index (χ0v) is 14.2. The molecule has 0 aliphatic carbocycles. The lowest BCUT2D eigenvalue weighted by Crippen LogP contribution is -2.24. The zero-order chi connectivity index (χ0) is 15.5. The highest BCUT2D eigenvalue weighted by Crippen LogP contribution is 2.24. The van der Waals surface area contributed by atoms with Gasteiger partial charge in [0.2, 0.25) is 0 Å². The van der Waals surface area contributed by atoms with Crippen molar-refractivity contribution in [2.45, 2.75) is 19.3 Å². The van der Waals surface area contributed by atoms with Crippen LogP contribution >= 0.6 is 23.1 Å². The summed E-state index contributed by atoms with van der Waals surface area (Å²) < 4.78 is 4.94. The summed E-state index contributed by atoms with van der Waals surface area (Å²) in [4.78, 5) is 16.6. The van der Waals surface area contributed by atoms with E-state index in [2.05, 4.69) is 21.9 Å². The fourth-order valence-electron chi connectivity index (χ4n) is 1.66. The Morgan fingerprint density at radius 1 is 1.38 bits per heavy atom. The molecule has 1 amide bonds. The van der Waals surface area contributed by atoms with Gasteiger partial charge in [0.05, 0.1) is 6.61 Å². The standard InChI is InChI=1S/C13H24N4O2S2/c1-19-8-7-16-13-17-11(14)10(21-13)12(18)15-6-4-3-5-9-20-2/h3-9,14H2,1-2H3,(H,15,18)(H,16,17). The highest BCUT2D eigenvalue weighted by molar-refractivity contribution is 7.98. The Balaban J connectivity index is 2.32. The van der Waals surface area contributed by atoms with Gasteiger partial charge in [-0.05, 0) is 24.9 Å². The molecule has 1 aromatic heterocycles. The molecule has 1 rings (SSSR count). The summed E-state index contributed by atoms with van der Waals surface area (Å²) in [6.45, 7) is 1.90. The van der Waals surface area contributed by atoms with Crippen LogP contribution < -0.4 is 16.4 Å². The summed E-state index contributed by atoms with van der Waals surface area (Å²) in [5, 5.41) is 6.61. The molecule has 8 heteroatoms. The van der Waals surface area contributed by atoms with Gasteiger partial charge in [0.15, 0.2) is 5.13 Å². The molecule has 0 aromatic carbocycles. The molecular weight excluding hydrogens is 308 g/mol. The predicted molar refractivity (Wildman–Crippen MR) is 91.5 cm³/mol. The van der Waals surface area contributed by atoms with E-state index in [9.17, 15) is 4.79 Å². The number of hydrogen-bond acceptors (Lipinski definition) is 7. The van der Waals surface area contributed by atoms with E-state index < -0.39 is 0 Å². The molecule has 21 heavy (non-hydrogen) atoms. The Hall–Kier alpha value is -0.990. The van der Waals surface area contributed by atoms with Crippen LogP contribution in [0.3, 0.4) is 0 Å². The van der Waals surface area contributed by atoms with E-state index in [0.717, 1.165) is 12.8 Å². The molecule has 4 N–H and O–H groups in total. The number of thioether (sulfide) groups is 1. The van der Waals surface area contributed by atoms with E-state index >= 15 is 0 Å². The smallest absolute Gasteiger partial charge is 0.265 e. The summed E-state index contributed by atoms with van der Waals surface area (Å²) in [5.74, 6) is 1.31. The van der Waals surface area contributed by atoms with Crippen LogP contribution in [-0.4, -0.2) is 49.7 Å². The van der Waals surface area contributed by atoms with Gasteiger partial charge in [0, 0.05) is 20.2 Å². The minimum absolute atomic E-state index is 0.144. The molecule has 0 atom stereocenters. The van der Waals surface area contributed by atoms with Crippen molar-refractivity contribution >= 4 is 40.0 Å². The number of carbonyl (C=O) groups is 1. The third-order valence-electron chi connectivity index (χ3n) is 2.75. The maximum absolute atomic E-state index is 12.0. The van der Waals surface area contributed by atoms with E-state index in [1.54, 1.807) is 7.11 Å². The van der Waals surface area contributed by atoms with Crippen LogP contribution in [0.5, 0.6) is 0 Å². The first kappa shape index (κ1) is 18.1. The number of ether oxygens (including phenoxy) is 1. The van der Waals surface area contributed by atoms with Gasteiger partial charge in [-0.1, -0.05) is 17.8 Å². The number of thiazole rings is 1.